The van der Waals surface area contributed by atoms with E-state index in [9.17, 15) is 18.0 Å². The molecular formula is C15H22N4O4S. The number of carbonyl (C=O) groups is 2. The van der Waals surface area contributed by atoms with Gasteiger partial charge in [0.15, 0.2) is 0 Å². The van der Waals surface area contributed by atoms with Crippen LogP contribution >= 0.6 is 0 Å². The summed E-state index contributed by atoms with van der Waals surface area (Å²) in [5, 5.41) is 5.44. The summed E-state index contributed by atoms with van der Waals surface area (Å²) >= 11 is 0. The maximum atomic E-state index is 12.7. The molecule has 1 aliphatic heterocycles. The van der Waals surface area contributed by atoms with E-state index in [0.29, 0.717) is 12.8 Å². The second kappa shape index (κ2) is 5.89. The zero-order valence-electron chi connectivity index (χ0n) is 13.8. The highest BCUT2D eigenvalue weighted by atomic mass is 32.2. The number of aryl methyl sites for hydroxylation is 1. The monoisotopic (exact) mass is 354 g/mol. The maximum absolute atomic E-state index is 12.7. The fourth-order valence-corrected chi connectivity index (χ4v) is 4.89. The van der Waals surface area contributed by atoms with Crippen LogP contribution in [0, 0.1) is 0 Å². The predicted octanol–water partition coefficient (Wildman–Crippen LogP) is -0.136. The Hall–Kier alpha value is -1.87. The van der Waals surface area contributed by atoms with Crippen molar-refractivity contribution in [2.75, 3.05) is 7.05 Å². The van der Waals surface area contributed by atoms with E-state index in [1.807, 2.05) is 0 Å². The molecule has 2 fully saturated rings. The third-order valence-electron chi connectivity index (χ3n) is 5.01. The van der Waals surface area contributed by atoms with Crippen molar-refractivity contribution in [3.8, 4) is 0 Å². The lowest BCUT2D eigenvalue weighted by molar-refractivity contribution is -0.127. The van der Waals surface area contributed by atoms with Crippen LogP contribution < -0.4 is 15.4 Å². The van der Waals surface area contributed by atoms with Crippen molar-refractivity contribution in [2.45, 2.75) is 48.6 Å². The van der Waals surface area contributed by atoms with E-state index in [4.69, 9.17) is 0 Å². The van der Waals surface area contributed by atoms with E-state index in [1.165, 1.54) is 23.9 Å². The van der Waals surface area contributed by atoms with Crippen LogP contribution in [0.4, 0.5) is 0 Å². The van der Waals surface area contributed by atoms with Gasteiger partial charge in [-0.2, -0.15) is 0 Å². The molecule has 24 heavy (non-hydrogen) atoms. The molecule has 1 aliphatic carbocycles. The van der Waals surface area contributed by atoms with Crippen LogP contribution in [-0.4, -0.2) is 43.4 Å². The van der Waals surface area contributed by atoms with Crippen molar-refractivity contribution in [1.82, 2.24) is 19.9 Å². The summed E-state index contributed by atoms with van der Waals surface area (Å²) in [6.45, 7) is 0. The Morgan fingerprint density at radius 2 is 2.12 bits per heavy atom. The van der Waals surface area contributed by atoms with Gasteiger partial charge in [0.25, 0.3) is 5.91 Å². The van der Waals surface area contributed by atoms with Crippen LogP contribution in [0.1, 0.15) is 42.6 Å². The molecule has 1 aromatic heterocycles. The fraction of sp³-hybridized carbons (Fsp3) is 0.600. The van der Waals surface area contributed by atoms with Gasteiger partial charge < -0.3 is 15.2 Å². The number of nitrogens with one attached hydrogen (secondary N) is 3. The van der Waals surface area contributed by atoms with Gasteiger partial charge in [0.2, 0.25) is 15.9 Å². The van der Waals surface area contributed by atoms with Gasteiger partial charge in [0.05, 0.1) is 5.54 Å². The first-order chi connectivity index (χ1) is 11.3. The van der Waals surface area contributed by atoms with E-state index in [-0.39, 0.29) is 28.4 Å². The highest BCUT2D eigenvalue weighted by Crippen LogP contribution is 2.39. The molecule has 2 amide bonds. The molecule has 3 N–H and O–H groups in total. The third-order valence-corrected chi connectivity index (χ3v) is 6.45. The molecule has 1 aromatic rings. The highest BCUT2D eigenvalue weighted by molar-refractivity contribution is 7.89. The van der Waals surface area contributed by atoms with Gasteiger partial charge in [0.1, 0.15) is 10.6 Å². The number of hydrogen-bond donors (Lipinski definition) is 3. The zero-order valence-corrected chi connectivity index (χ0v) is 14.6. The molecule has 9 heteroatoms. The Morgan fingerprint density at radius 3 is 2.71 bits per heavy atom. The van der Waals surface area contributed by atoms with Crippen LogP contribution in [0.2, 0.25) is 0 Å². The summed E-state index contributed by atoms with van der Waals surface area (Å²) in [7, 11) is -0.654. The molecule has 0 bridgehead atoms. The molecule has 0 radical (unpaired) electrons. The molecule has 1 unspecified atom stereocenters. The lowest BCUT2D eigenvalue weighted by Gasteiger charge is -2.50. The molecule has 8 nitrogen and oxygen atoms in total. The van der Waals surface area contributed by atoms with E-state index >= 15 is 0 Å². The summed E-state index contributed by atoms with van der Waals surface area (Å²) in [6.07, 6.45) is 4.76. The van der Waals surface area contributed by atoms with E-state index in [0.717, 1.165) is 19.3 Å². The molecule has 2 heterocycles. The number of aromatic nitrogens is 1. The number of amides is 2. The van der Waals surface area contributed by atoms with Crippen LogP contribution in [0.25, 0.3) is 0 Å². The second-order valence-electron chi connectivity index (χ2n) is 6.52. The minimum absolute atomic E-state index is 0.0215. The Labute approximate surface area is 141 Å². The first kappa shape index (κ1) is 17.0. The molecule has 2 aliphatic rings. The van der Waals surface area contributed by atoms with Gasteiger partial charge in [-0.25, -0.2) is 13.1 Å². The largest absolute Gasteiger partial charge is 0.354 e. The van der Waals surface area contributed by atoms with E-state index in [2.05, 4.69) is 15.4 Å². The number of nitrogens with zero attached hydrogens (tertiary/aromatic N) is 1. The smallest absolute Gasteiger partial charge is 0.267 e. The zero-order chi connectivity index (χ0) is 17.5. The number of carbonyl (C=O) groups excluding carboxylic acids is 2. The van der Waals surface area contributed by atoms with E-state index < -0.39 is 15.6 Å². The minimum Gasteiger partial charge on any atom is -0.354 e. The molecule has 1 saturated heterocycles. The van der Waals surface area contributed by atoms with E-state index in [1.54, 1.807) is 7.05 Å². The number of hydrogen-bond acceptors (Lipinski definition) is 4. The summed E-state index contributed by atoms with van der Waals surface area (Å²) in [5.74, 6) is -0.369. The molecule has 3 rings (SSSR count). The standard InChI is InChI=1S/C15H22N4O4S/c1-16-14(21)11-8-10(9-19(11)2)24(22,23)18-12-4-5-13(20)17-15(12)6-3-7-15/h8-9,12,18H,3-7H2,1-2H3,(H,16,21)(H,17,20). The van der Waals surface area contributed by atoms with Crippen molar-refractivity contribution in [3.63, 3.8) is 0 Å². The van der Waals surface area contributed by atoms with Crippen LogP contribution in [0.15, 0.2) is 17.2 Å². The molecule has 132 valence electrons. The molecular weight excluding hydrogens is 332 g/mol. The lowest BCUT2D eigenvalue weighted by atomic mass is 9.68. The Bertz CT molecular complexity index is 779. The van der Waals surface area contributed by atoms with Gasteiger partial charge in [-0.15, -0.1) is 0 Å². The van der Waals surface area contributed by atoms with Crippen LogP contribution in [-0.2, 0) is 21.9 Å². The minimum atomic E-state index is -3.77. The summed E-state index contributed by atoms with van der Waals surface area (Å²) in [6, 6.07) is 1.04. The first-order valence-corrected chi connectivity index (χ1v) is 9.47. The summed E-state index contributed by atoms with van der Waals surface area (Å²) < 4.78 is 29.7. The Kier molecular flexibility index (Phi) is 4.16. The SMILES string of the molecule is CNC(=O)c1cc(S(=O)(=O)NC2CCC(=O)NC23CCC3)cn1C. The summed E-state index contributed by atoms with van der Waals surface area (Å²) in [5.41, 5.74) is -0.186. The van der Waals surface area contributed by atoms with Gasteiger partial charge >= 0.3 is 0 Å². The van der Waals surface area contributed by atoms with Crippen molar-refractivity contribution < 1.29 is 18.0 Å². The average Bonchev–Trinajstić information content (AvgIpc) is 2.89. The van der Waals surface area contributed by atoms with Gasteiger partial charge in [-0.1, -0.05) is 0 Å². The third kappa shape index (κ3) is 2.82. The molecule has 0 aromatic carbocycles. The van der Waals surface area contributed by atoms with Crippen molar-refractivity contribution in [2.24, 2.45) is 7.05 Å². The fourth-order valence-electron chi connectivity index (χ4n) is 3.47. The van der Waals surface area contributed by atoms with Crippen molar-refractivity contribution >= 4 is 21.8 Å². The second-order valence-corrected chi connectivity index (χ2v) is 8.24. The highest BCUT2D eigenvalue weighted by Gasteiger charge is 2.49. The average molecular weight is 354 g/mol. The van der Waals surface area contributed by atoms with Gasteiger partial charge in [-0.05, 0) is 31.7 Å². The van der Waals surface area contributed by atoms with Gasteiger partial charge in [0, 0.05) is 32.8 Å². The van der Waals surface area contributed by atoms with Gasteiger partial charge in [-0.3, -0.25) is 9.59 Å². The summed E-state index contributed by atoms with van der Waals surface area (Å²) in [4.78, 5) is 23.5. The first-order valence-electron chi connectivity index (χ1n) is 7.99. The van der Waals surface area contributed by atoms with Crippen LogP contribution in [0.3, 0.4) is 0 Å². The van der Waals surface area contributed by atoms with Crippen LogP contribution in [0.5, 0.6) is 0 Å². The lowest BCUT2D eigenvalue weighted by Crippen LogP contribution is -2.68. The number of rotatable bonds is 4. The number of piperidine rings is 1. The van der Waals surface area contributed by atoms with Crippen molar-refractivity contribution in [1.29, 1.82) is 0 Å². The predicted molar refractivity (Wildman–Crippen MR) is 86.9 cm³/mol. The number of sulfonamides is 1. The topological polar surface area (TPSA) is 109 Å². The quantitative estimate of drug-likeness (QED) is 0.699. The Balaban J connectivity index is 1.84. The van der Waals surface area contributed by atoms with Crippen molar-refractivity contribution in [3.05, 3.63) is 18.0 Å². The molecule has 1 spiro atoms. The molecule has 1 saturated carbocycles. The maximum Gasteiger partial charge on any atom is 0.267 e. The Morgan fingerprint density at radius 1 is 1.42 bits per heavy atom. The molecule has 1 atom stereocenters. The normalized spacial score (nSPS) is 22.8.